The van der Waals surface area contributed by atoms with E-state index >= 15 is 0 Å². The Hall–Kier alpha value is -0.596. The van der Waals surface area contributed by atoms with Gasteiger partial charge in [0.25, 0.3) is 0 Å². The lowest BCUT2D eigenvalue weighted by atomic mass is 10.3. The largest absolute Gasteiger partial charge is 0.396 e. The number of hydrogen-bond donors (Lipinski definition) is 1. The molecule has 1 aliphatic heterocycles. The summed E-state index contributed by atoms with van der Waals surface area (Å²) in [6, 6.07) is 3.55. The third kappa shape index (κ3) is 3.02. The fourth-order valence-electron chi connectivity index (χ4n) is 2.93. The average Bonchev–Trinajstić information content (AvgIpc) is 2.67. The molecule has 2 rings (SSSR count). The van der Waals surface area contributed by atoms with E-state index < -0.39 is 16.3 Å². The first-order valence-corrected chi connectivity index (χ1v) is 14.2. The number of anilines is 1. The number of aromatic nitrogens is 1. The molecule has 1 saturated heterocycles. The third-order valence-electron chi connectivity index (χ3n) is 4.10. The standard InChI is InChI=1S/C14H24N2OSSi2/c1-19(2,3)12-9-11(10-15-13(12)14(17)18)16-7-6-8-20(16,4)5/h9-10H,6-8H2,1-5H3,(H,17,18). The highest BCUT2D eigenvalue weighted by Gasteiger charge is 2.35. The SMILES string of the molecule is C[Si](C)(C)c1cc(N2CCC[Si]2(C)C)cnc1C(=O)S. The maximum absolute atomic E-state index is 11.7. The molecule has 0 saturated carbocycles. The minimum absolute atomic E-state index is 0.216. The molecule has 1 fully saturated rings. The van der Waals surface area contributed by atoms with Crippen molar-refractivity contribution in [2.45, 2.75) is 45.2 Å². The van der Waals surface area contributed by atoms with E-state index in [2.05, 4.69) is 61.0 Å². The van der Waals surface area contributed by atoms with Crippen LogP contribution >= 0.6 is 12.6 Å². The Morgan fingerprint density at radius 1 is 1.40 bits per heavy atom. The molecule has 0 N–H and O–H groups in total. The first kappa shape index (κ1) is 15.8. The van der Waals surface area contributed by atoms with Gasteiger partial charge in [0.15, 0.2) is 8.24 Å². The Labute approximate surface area is 129 Å². The number of rotatable bonds is 3. The maximum atomic E-state index is 11.7. The van der Waals surface area contributed by atoms with Crippen LogP contribution in [0.25, 0.3) is 0 Å². The summed E-state index contributed by atoms with van der Waals surface area (Å²) >= 11 is 3.98. The van der Waals surface area contributed by atoms with Crippen LogP contribution in [0, 0.1) is 0 Å². The van der Waals surface area contributed by atoms with Crippen molar-refractivity contribution in [3.63, 3.8) is 0 Å². The fraction of sp³-hybridized carbons (Fsp3) is 0.571. The van der Waals surface area contributed by atoms with Gasteiger partial charge in [-0.1, -0.05) is 45.4 Å². The summed E-state index contributed by atoms with van der Waals surface area (Å²) in [4.78, 5) is 16.1. The summed E-state index contributed by atoms with van der Waals surface area (Å²) in [7, 11) is -2.95. The van der Waals surface area contributed by atoms with E-state index in [1.165, 1.54) is 18.2 Å². The average molecular weight is 325 g/mol. The van der Waals surface area contributed by atoms with Gasteiger partial charge in [0.1, 0.15) is 5.69 Å². The lowest BCUT2D eigenvalue weighted by Crippen LogP contribution is -2.46. The van der Waals surface area contributed by atoms with Crippen molar-refractivity contribution in [2.24, 2.45) is 0 Å². The lowest BCUT2D eigenvalue weighted by molar-refractivity contribution is 0.108. The second-order valence-electron chi connectivity index (χ2n) is 7.21. The van der Waals surface area contributed by atoms with E-state index in [9.17, 15) is 4.79 Å². The van der Waals surface area contributed by atoms with Crippen LogP contribution in [0.5, 0.6) is 0 Å². The van der Waals surface area contributed by atoms with Crippen molar-refractivity contribution in [1.29, 1.82) is 0 Å². The van der Waals surface area contributed by atoms with Gasteiger partial charge >= 0.3 is 0 Å². The number of nitrogens with zero attached hydrogens (tertiary/aromatic N) is 2. The smallest absolute Gasteiger partial charge is 0.234 e. The number of hydrogen-bond acceptors (Lipinski definition) is 3. The van der Waals surface area contributed by atoms with Gasteiger partial charge in [0, 0.05) is 12.2 Å². The van der Waals surface area contributed by atoms with Crippen molar-refractivity contribution in [3.8, 4) is 0 Å². The Morgan fingerprint density at radius 3 is 2.50 bits per heavy atom. The van der Waals surface area contributed by atoms with Crippen molar-refractivity contribution < 1.29 is 4.79 Å². The van der Waals surface area contributed by atoms with Crippen LogP contribution in [0.15, 0.2) is 12.3 Å². The van der Waals surface area contributed by atoms with Crippen LogP contribution in [0.1, 0.15) is 16.9 Å². The Bertz CT molecular complexity index is 540. The molecule has 1 aromatic heterocycles. The zero-order chi connectivity index (χ0) is 15.1. The molecule has 0 aliphatic carbocycles. The zero-order valence-corrected chi connectivity index (χ0v) is 15.9. The van der Waals surface area contributed by atoms with Gasteiger partial charge in [-0.2, -0.15) is 0 Å². The Balaban J connectivity index is 2.50. The maximum Gasteiger partial charge on any atom is 0.234 e. The highest BCUT2D eigenvalue weighted by molar-refractivity contribution is 7.97. The van der Waals surface area contributed by atoms with Gasteiger partial charge < -0.3 is 4.57 Å². The number of thiol groups is 1. The number of carbonyl (C=O) groups excluding carboxylic acids is 1. The summed E-state index contributed by atoms with van der Waals surface area (Å²) < 4.78 is 2.55. The van der Waals surface area contributed by atoms with Crippen LogP contribution in [-0.2, 0) is 0 Å². The van der Waals surface area contributed by atoms with Crippen LogP contribution in [-0.4, -0.2) is 33.0 Å². The van der Waals surface area contributed by atoms with Crippen molar-refractivity contribution in [2.75, 3.05) is 11.1 Å². The molecule has 1 aliphatic rings. The Morgan fingerprint density at radius 2 is 2.05 bits per heavy atom. The molecule has 3 nitrogen and oxygen atoms in total. The molecule has 110 valence electrons. The van der Waals surface area contributed by atoms with E-state index in [4.69, 9.17) is 0 Å². The minimum atomic E-state index is -1.61. The molecule has 0 aromatic carbocycles. The summed E-state index contributed by atoms with van der Waals surface area (Å²) in [6.45, 7) is 12.7. The van der Waals surface area contributed by atoms with Gasteiger partial charge in [-0.25, -0.2) is 0 Å². The summed E-state index contributed by atoms with van der Waals surface area (Å²) in [6.07, 6.45) is 3.14. The predicted octanol–water partition coefficient (Wildman–Crippen LogP) is 3.11. The first-order valence-electron chi connectivity index (χ1n) is 7.14. The molecular weight excluding hydrogens is 300 g/mol. The van der Waals surface area contributed by atoms with Crippen LogP contribution in [0.4, 0.5) is 5.69 Å². The molecule has 0 spiro atoms. The van der Waals surface area contributed by atoms with Crippen molar-refractivity contribution >= 4 is 44.9 Å². The van der Waals surface area contributed by atoms with Crippen LogP contribution in [0.2, 0.25) is 38.8 Å². The van der Waals surface area contributed by atoms with E-state index in [-0.39, 0.29) is 5.12 Å². The molecule has 2 heterocycles. The molecule has 0 unspecified atom stereocenters. The van der Waals surface area contributed by atoms with E-state index in [0.717, 1.165) is 11.7 Å². The first-order chi connectivity index (χ1) is 9.13. The zero-order valence-electron chi connectivity index (χ0n) is 13.0. The number of pyridine rings is 1. The van der Waals surface area contributed by atoms with E-state index in [1.54, 1.807) is 0 Å². The number of carbonyl (C=O) groups is 1. The molecule has 0 bridgehead atoms. The van der Waals surface area contributed by atoms with E-state index in [1.807, 2.05) is 6.20 Å². The molecule has 1 aromatic rings. The monoisotopic (exact) mass is 324 g/mol. The fourth-order valence-corrected chi connectivity index (χ4v) is 7.56. The highest BCUT2D eigenvalue weighted by atomic mass is 32.1. The molecule has 0 radical (unpaired) electrons. The summed E-state index contributed by atoms with van der Waals surface area (Å²) in [5.41, 5.74) is 1.75. The quantitative estimate of drug-likeness (QED) is 0.685. The highest BCUT2D eigenvalue weighted by Crippen LogP contribution is 2.31. The Kier molecular flexibility index (Phi) is 4.19. The van der Waals surface area contributed by atoms with Crippen molar-refractivity contribution in [1.82, 2.24) is 4.98 Å². The van der Waals surface area contributed by atoms with E-state index in [0.29, 0.717) is 5.69 Å². The molecule has 20 heavy (non-hydrogen) atoms. The van der Waals surface area contributed by atoms with Crippen LogP contribution in [0.3, 0.4) is 0 Å². The minimum Gasteiger partial charge on any atom is -0.396 e. The lowest BCUT2D eigenvalue weighted by Gasteiger charge is -2.33. The molecule has 0 amide bonds. The second-order valence-corrected chi connectivity index (χ2v) is 17.3. The third-order valence-corrected chi connectivity index (χ3v) is 9.83. The normalized spacial score (nSPS) is 18.4. The topological polar surface area (TPSA) is 33.2 Å². The molecule has 6 heteroatoms. The van der Waals surface area contributed by atoms with Crippen molar-refractivity contribution in [3.05, 3.63) is 18.0 Å². The summed E-state index contributed by atoms with van der Waals surface area (Å²) in [5.74, 6) is 0. The van der Waals surface area contributed by atoms with Gasteiger partial charge in [-0.15, -0.1) is 0 Å². The van der Waals surface area contributed by atoms with Gasteiger partial charge in [0.2, 0.25) is 5.12 Å². The molecule has 0 atom stereocenters. The molecular formula is C14H24N2OSSi2. The predicted molar refractivity (Wildman–Crippen MR) is 94.8 cm³/mol. The second kappa shape index (κ2) is 5.31. The van der Waals surface area contributed by atoms with Gasteiger partial charge in [-0.3, -0.25) is 9.78 Å². The van der Waals surface area contributed by atoms with Crippen LogP contribution < -0.4 is 9.75 Å². The van der Waals surface area contributed by atoms with Gasteiger partial charge in [-0.05, 0) is 23.7 Å². The van der Waals surface area contributed by atoms with Gasteiger partial charge in [0.05, 0.1) is 14.3 Å². The summed E-state index contributed by atoms with van der Waals surface area (Å²) in [5, 5.41) is 0.915.